The van der Waals surface area contributed by atoms with Gasteiger partial charge in [-0.1, -0.05) is 6.07 Å². The van der Waals surface area contributed by atoms with Gasteiger partial charge in [-0.2, -0.15) is 5.26 Å². The number of thiazole rings is 1. The standard InChI is InChI=1S/C18H12N4O4S/c1-11-2-3-13(22(24)25)9-15(11)16-5-4-14(26-16)8-12(10-19)17(23)21-18-20-6-7-27-18/h2-9H,1H3,(H,20,21,23)/b12-8-. The van der Waals surface area contributed by atoms with Gasteiger partial charge in [-0.25, -0.2) is 4.98 Å². The Balaban J connectivity index is 1.88. The van der Waals surface area contributed by atoms with E-state index in [9.17, 15) is 20.2 Å². The molecule has 27 heavy (non-hydrogen) atoms. The van der Waals surface area contributed by atoms with Crippen molar-refractivity contribution in [2.45, 2.75) is 6.92 Å². The van der Waals surface area contributed by atoms with E-state index < -0.39 is 10.8 Å². The number of aromatic nitrogens is 1. The largest absolute Gasteiger partial charge is 0.457 e. The second-order valence-corrected chi connectivity index (χ2v) is 6.31. The van der Waals surface area contributed by atoms with Crippen LogP contribution in [0.25, 0.3) is 17.4 Å². The molecule has 9 heteroatoms. The number of amides is 1. The van der Waals surface area contributed by atoms with E-state index in [4.69, 9.17) is 4.42 Å². The highest BCUT2D eigenvalue weighted by Crippen LogP contribution is 2.29. The summed E-state index contributed by atoms with van der Waals surface area (Å²) in [5.74, 6) is 0.0822. The van der Waals surface area contributed by atoms with E-state index in [1.807, 2.05) is 6.07 Å². The molecule has 134 valence electrons. The van der Waals surface area contributed by atoms with Crippen LogP contribution in [0.15, 0.2) is 51.9 Å². The molecular weight excluding hydrogens is 368 g/mol. The summed E-state index contributed by atoms with van der Waals surface area (Å²) < 4.78 is 5.66. The number of rotatable bonds is 5. The summed E-state index contributed by atoms with van der Waals surface area (Å²) in [6, 6.07) is 9.51. The SMILES string of the molecule is Cc1ccc([N+](=O)[O-])cc1-c1ccc(/C=C(/C#N)C(=O)Nc2nccs2)o1. The van der Waals surface area contributed by atoms with Crippen LogP contribution in [0.3, 0.4) is 0 Å². The van der Waals surface area contributed by atoms with Crippen molar-refractivity contribution in [1.82, 2.24) is 4.98 Å². The molecule has 0 aliphatic heterocycles. The quantitative estimate of drug-likeness (QED) is 0.307. The zero-order chi connectivity index (χ0) is 19.4. The summed E-state index contributed by atoms with van der Waals surface area (Å²) in [6.45, 7) is 1.80. The summed E-state index contributed by atoms with van der Waals surface area (Å²) in [7, 11) is 0. The minimum atomic E-state index is -0.600. The smallest absolute Gasteiger partial charge is 0.270 e. The van der Waals surface area contributed by atoms with E-state index in [1.165, 1.54) is 35.7 Å². The first-order valence-corrected chi connectivity index (χ1v) is 8.54. The number of carbonyl (C=O) groups excluding carboxylic acids is 1. The van der Waals surface area contributed by atoms with Crippen LogP contribution in [-0.2, 0) is 4.79 Å². The highest BCUT2D eigenvalue weighted by Gasteiger charge is 2.15. The van der Waals surface area contributed by atoms with E-state index in [0.717, 1.165) is 5.56 Å². The minimum Gasteiger partial charge on any atom is -0.457 e. The molecule has 1 N–H and O–H groups in total. The van der Waals surface area contributed by atoms with E-state index in [2.05, 4.69) is 10.3 Å². The Morgan fingerprint density at radius 1 is 1.41 bits per heavy atom. The Hall–Kier alpha value is -3.77. The Kier molecular flexibility index (Phi) is 5.10. The molecule has 1 amide bonds. The average molecular weight is 380 g/mol. The van der Waals surface area contributed by atoms with Gasteiger partial charge < -0.3 is 4.42 Å². The predicted octanol–water partition coefficient (Wildman–Crippen LogP) is 4.17. The third kappa shape index (κ3) is 4.08. The maximum atomic E-state index is 12.1. The summed E-state index contributed by atoms with van der Waals surface area (Å²) in [6.07, 6.45) is 2.84. The van der Waals surface area contributed by atoms with Crippen LogP contribution in [0.5, 0.6) is 0 Å². The van der Waals surface area contributed by atoms with Gasteiger partial charge in [0.25, 0.3) is 11.6 Å². The predicted molar refractivity (Wildman–Crippen MR) is 99.9 cm³/mol. The van der Waals surface area contributed by atoms with Gasteiger partial charge in [0.1, 0.15) is 23.2 Å². The van der Waals surface area contributed by atoms with E-state index >= 15 is 0 Å². The first-order chi connectivity index (χ1) is 13.0. The number of nitrogens with one attached hydrogen (secondary N) is 1. The fourth-order valence-corrected chi connectivity index (χ4v) is 2.83. The van der Waals surface area contributed by atoms with E-state index in [1.54, 1.807) is 30.5 Å². The molecule has 0 unspecified atom stereocenters. The number of hydrogen-bond acceptors (Lipinski definition) is 7. The van der Waals surface area contributed by atoms with Gasteiger partial charge in [-0.15, -0.1) is 11.3 Å². The molecule has 0 aliphatic carbocycles. The molecule has 1 aromatic carbocycles. The van der Waals surface area contributed by atoms with Gasteiger partial charge >= 0.3 is 0 Å². The van der Waals surface area contributed by atoms with Crippen molar-refractivity contribution in [2.75, 3.05) is 5.32 Å². The molecule has 8 nitrogen and oxygen atoms in total. The molecule has 0 spiro atoms. The Labute approximate surface area is 157 Å². The Morgan fingerprint density at radius 3 is 2.89 bits per heavy atom. The van der Waals surface area contributed by atoms with Crippen LogP contribution in [0.2, 0.25) is 0 Å². The maximum Gasteiger partial charge on any atom is 0.270 e. The molecule has 0 aliphatic rings. The Bertz CT molecular complexity index is 1080. The maximum absolute atomic E-state index is 12.1. The van der Waals surface area contributed by atoms with Gasteiger partial charge in [-0.05, 0) is 24.6 Å². The number of nitro benzene ring substituents is 1. The van der Waals surface area contributed by atoms with Crippen LogP contribution in [0, 0.1) is 28.4 Å². The van der Waals surface area contributed by atoms with Gasteiger partial charge in [0.05, 0.1) is 4.92 Å². The highest BCUT2D eigenvalue weighted by atomic mass is 32.1. The zero-order valence-corrected chi connectivity index (χ0v) is 14.8. The van der Waals surface area contributed by atoms with Crippen molar-refractivity contribution in [3.8, 4) is 17.4 Å². The number of nitro groups is 1. The number of benzene rings is 1. The van der Waals surface area contributed by atoms with E-state index in [0.29, 0.717) is 16.5 Å². The highest BCUT2D eigenvalue weighted by molar-refractivity contribution is 7.13. The number of carbonyl (C=O) groups is 1. The third-order valence-electron chi connectivity index (χ3n) is 3.63. The van der Waals surface area contributed by atoms with Crippen LogP contribution >= 0.6 is 11.3 Å². The third-order valence-corrected chi connectivity index (χ3v) is 4.32. The molecular formula is C18H12N4O4S. The summed E-state index contributed by atoms with van der Waals surface area (Å²) in [4.78, 5) is 26.6. The second kappa shape index (κ2) is 7.63. The van der Waals surface area contributed by atoms with Gasteiger partial charge in [-0.3, -0.25) is 20.2 Å². The molecule has 0 radical (unpaired) electrons. The van der Waals surface area contributed by atoms with Crippen molar-refractivity contribution in [3.63, 3.8) is 0 Å². The summed E-state index contributed by atoms with van der Waals surface area (Å²) in [5.41, 5.74) is 1.16. The van der Waals surface area contributed by atoms with Crippen LogP contribution in [-0.4, -0.2) is 15.8 Å². The lowest BCUT2D eigenvalue weighted by Gasteiger charge is -2.02. The second-order valence-electron chi connectivity index (χ2n) is 5.42. The fourth-order valence-electron chi connectivity index (χ4n) is 2.30. The normalized spacial score (nSPS) is 11.0. The number of anilines is 1. The number of hydrogen-bond donors (Lipinski definition) is 1. The van der Waals surface area contributed by atoms with Crippen molar-refractivity contribution in [3.05, 3.63) is 68.9 Å². The molecule has 3 rings (SSSR count). The zero-order valence-electron chi connectivity index (χ0n) is 14.0. The lowest BCUT2D eigenvalue weighted by atomic mass is 10.1. The number of nitrogens with zero attached hydrogens (tertiary/aromatic N) is 3. The van der Waals surface area contributed by atoms with Crippen LogP contribution in [0.1, 0.15) is 11.3 Å². The van der Waals surface area contributed by atoms with Crippen molar-refractivity contribution >= 4 is 34.1 Å². The fraction of sp³-hybridized carbons (Fsp3) is 0.0556. The van der Waals surface area contributed by atoms with Crippen molar-refractivity contribution < 1.29 is 14.1 Å². The molecule has 0 bridgehead atoms. The van der Waals surface area contributed by atoms with Crippen LogP contribution in [0.4, 0.5) is 10.8 Å². The number of nitriles is 1. The first-order valence-electron chi connectivity index (χ1n) is 7.66. The Morgan fingerprint density at radius 2 is 2.22 bits per heavy atom. The number of furan rings is 1. The molecule has 3 aromatic rings. The molecule has 0 fully saturated rings. The molecule has 2 heterocycles. The van der Waals surface area contributed by atoms with Gasteiger partial charge in [0.2, 0.25) is 0 Å². The van der Waals surface area contributed by atoms with Crippen LogP contribution < -0.4 is 5.32 Å². The molecule has 0 saturated heterocycles. The number of aryl methyl sites for hydroxylation is 1. The monoisotopic (exact) mass is 380 g/mol. The molecule has 2 aromatic heterocycles. The lowest BCUT2D eigenvalue weighted by molar-refractivity contribution is -0.384. The van der Waals surface area contributed by atoms with Gasteiger partial charge in [0, 0.05) is 35.3 Å². The first kappa shape index (κ1) is 18.0. The average Bonchev–Trinajstić information content (AvgIpc) is 3.31. The van der Waals surface area contributed by atoms with Crippen molar-refractivity contribution in [1.29, 1.82) is 5.26 Å². The topological polar surface area (TPSA) is 122 Å². The minimum absolute atomic E-state index is 0.0513. The lowest BCUT2D eigenvalue weighted by Crippen LogP contribution is -2.13. The summed E-state index contributed by atoms with van der Waals surface area (Å²) in [5, 5.41) is 24.8. The number of non-ortho nitro benzene ring substituents is 1. The van der Waals surface area contributed by atoms with Crippen molar-refractivity contribution in [2.24, 2.45) is 0 Å². The summed E-state index contributed by atoms with van der Waals surface area (Å²) >= 11 is 1.23. The van der Waals surface area contributed by atoms with Gasteiger partial charge in [0.15, 0.2) is 5.13 Å². The van der Waals surface area contributed by atoms with E-state index in [-0.39, 0.29) is 17.0 Å². The molecule has 0 saturated carbocycles. The molecule has 0 atom stereocenters.